The highest BCUT2D eigenvalue weighted by molar-refractivity contribution is 5.93. The predicted octanol–water partition coefficient (Wildman–Crippen LogP) is 3.91. The van der Waals surface area contributed by atoms with E-state index in [1.54, 1.807) is 18.2 Å². The van der Waals surface area contributed by atoms with E-state index in [0.717, 1.165) is 12.0 Å². The summed E-state index contributed by atoms with van der Waals surface area (Å²) in [4.78, 5) is 34.3. The van der Waals surface area contributed by atoms with Crippen molar-refractivity contribution >= 4 is 29.3 Å². The van der Waals surface area contributed by atoms with Gasteiger partial charge >= 0.3 is 0 Å². The highest BCUT2D eigenvalue weighted by Gasteiger charge is 2.10. The van der Waals surface area contributed by atoms with Gasteiger partial charge in [0, 0.05) is 36.4 Å². The summed E-state index contributed by atoms with van der Waals surface area (Å²) in [5.74, 6) is -0.425. The van der Waals surface area contributed by atoms with E-state index in [1.807, 2.05) is 32.0 Å². The van der Waals surface area contributed by atoms with Crippen LogP contribution in [0.3, 0.4) is 0 Å². The van der Waals surface area contributed by atoms with E-state index < -0.39 is 4.92 Å². The van der Waals surface area contributed by atoms with Crippen LogP contribution in [-0.4, -0.2) is 16.7 Å². The molecule has 2 aromatic rings. The predicted molar refractivity (Wildman–Crippen MR) is 109 cm³/mol. The number of hydrogen-bond acceptors (Lipinski definition) is 4. The molecule has 7 nitrogen and oxygen atoms in total. The van der Waals surface area contributed by atoms with Crippen molar-refractivity contribution in [2.45, 2.75) is 26.8 Å². The Morgan fingerprint density at radius 3 is 2.64 bits per heavy atom. The lowest BCUT2D eigenvalue weighted by Crippen LogP contribution is -2.21. The Bertz CT molecular complexity index is 893. The number of rotatable bonds is 8. The molecule has 1 atom stereocenters. The molecule has 0 aliphatic heterocycles. The molecule has 0 bridgehead atoms. The number of carbonyl (C=O) groups excluding carboxylic acids is 2. The fraction of sp³-hybridized carbons (Fsp3) is 0.238. The molecule has 0 saturated carbocycles. The Morgan fingerprint density at radius 1 is 1.18 bits per heavy atom. The Kier molecular flexibility index (Phi) is 7.45. The number of non-ortho nitro benzene ring substituents is 1. The van der Waals surface area contributed by atoms with E-state index in [9.17, 15) is 19.7 Å². The molecule has 0 heterocycles. The van der Waals surface area contributed by atoms with Gasteiger partial charge in [0.15, 0.2) is 0 Å². The molecule has 0 aliphatic rings. The fourth-order valence-electron chi connectivity index (χ4n) is 2.37. The molecule has 2 rings (SSSR count). The van der Waals surface area contributed by atoms with Crippen molar-refractivity contribution in [2.24, 2.45) is 5.92 Å². The van der Waals surface area contributed by atoms with E-state index in [2.05, 4.69) is 10.6 Å². The molecule has 7 heteroatoms. The Morgan fingerprint density at radius 2 is 1.93 bits per heavy atom. The highest BCUT2D eigenvalue weighted by Crippen LogP contribution is 2.15. The van der Waals surface area contributed by atoms with Gasteiger partial charge in [-0.3, -0.25) is 19.7 Å². The molecule has 2 aromatic carbocycles. The number of amides is 2. The maximum absolute atomic E-state index is 12.0. The monoisotopic (exact) mass is 381 g/mol. The van der Waals surface area contributed by atoms with E-state index >= 15 is 0 Å². The van der Waals surface area contributed by atoms with Gasteiger partial charge in [0.1, 0.15) is 0 Å². The minimum absolute atomic E-state index is 0.0289. The Labute approximate surface area is 163 Å². The van der Waals surface area contributed by atoms with Crippen molar-refractivity contribution in [1.82, 2.24) is 5.32 Å². The highest BCUT2D eigenvalue weighted by atomic mass is 16.6. The number of nitro groups is 1. The fourth-order valence-corrected chi connectivity index (χ4v) is 2.37. The molecule has 0 spiro atoms. The lowest BCUT2D eigenvalue weighted by atomic mass is 10.1. The van der Waals surface area contributed by atoms with Crippen LogP contribution in [0.5, 0.6) is 0 Å². The summed E-state index contributed by atoms with van der Waals surface area (Å²) in [5.41, 5.74) is 2.07. The second kappa shape index (κ2) is 10.0. The van der Waals surface area contributed by atoms with Gasteiger partial charge in [0.2, 0.25) is 11.8 Å². The van der Waals surface area contributed by atoms with Crippen molar-refractivity contribution in [1.29, 1.82) is 0 Å². The van der Waals surface area contributed by atoms with E-state index in [-0.39, 0.29) is 23.4 Å². The first-order chi connectivity index (χ1) is 13.4. The maximum atomic E-state index is 12.0. The summed E-state index contributed by atoms with van der Waals surface area (Å²) in [7, 11) is 0. The molecule has 0 aliphatic carbocycles. The number of hydrogen-bond donors (Lipinski definition) is 2. The zero-order valence-electron chi connectivity index (χ0n) is 15.8. The van der Waals surface area contributed by atoms with Gasteiger partial charge < -0.3 is 10.6 Å². The zero-order chi connectivity index (χ0) is 20.5. The van der Waals surface area contributed by atoms with Crippen LogP contribution in [0.4, 0.5) is 11.4 Å². The van der Waals surface area contributed by atoms with Crippen LogP contribution in [-0.2, 0) is 16.1 Å². The van der Waals surface area contributed by atoms with Gasteiger partial charge in [-0.15, -0.1) is 0 Å². The van der Waals surface area contributed by atoms with E-state index in [0.29, 0.717) is 17.8 Å². The average Bonchev–Trinajstić information content (AvgIpc) is 2.70. The van der Waals surface area contributed by atoms with E-state index in [4.69, 9.17) is 0 Å². The quantitative estimate of drug-likeness (QED) is 0.411. The first-order valence-electron chi connectivity index (χ1n) is 8.99. The zero-order valence-corrected chi connectivity index (χ0v) is 15.8. The Balaban J connectivity index is 1.92. The maximum Gasteiger partial charge on any atom is 0.270 e. The normalized spacial score (nSPS) is 11.8. The second-order valence-corrected chi connectivity index (χ2v) is 6.40. The van der Waals surface area contributed by atoms with Gasteiger partial charge in [-0.1, -0.05) is 38.1 Å². The smallest absolute Gasteiger partial charge is 0.270 e. The molecule has 28 heavy (non-hydrogen) atoms. The molecule has 1 unspecified atom stereocenters. The third-order valence-electron chi connectivity index (χ3n) is 4.23. The first-order valence-corrected chi connectivity index (χ1v) is 8.99. The molecule has 2 N–H and O–H groups in total. The number of anilines is 1. The molecular formula is C21H23N3O4. The third kappa shape index (κ3) is 6.35. The largest absolute Gasteiger partial charge is 0.348 e. The second-order valence-electron chi connectivity index (χ2n) is 6.40. The van der Waals surface area contributed by atoms with Crippen LogP contribution < -0.4 is 10.6 Å². The average molecular weight is 381 g/mol. The summed E-state index contributed by atoms with van der Waals surface area (Å²) in [6.07, 6.45) is 3.61. The van der Waals surface area contributed by atoms with Gasteiger partial charge in [-0.2, -0.15) is 0 Å². The number of nitro benzene ring substituents is 1. The molecular weight excluding hydrogens is 358 g/mol. The number of nitrogens with zero attached hydrogens (tertiary/aromatic N) is 1. The summed E-state index contributed by atoms with van der Waals surface area (Å²) in [5, 5.41) is 16.4. The SMILES string of the molecule is CCC(C)C(=O)Nc1cccc(CNC(=O)/C=C/c2cccc([N+](=O)[O-])c2)c1. The molecule has 0 radical (unpaired) electrons. The standard InChI is InChI=1S/C21H23N3O4/c1-3-15(2)21(26)23-18-8-4-7-17(12-18)14-22-20(25)11-10-16-6-5-9-19(13-16)24(27)28/h4-13,15H,3,14H2,1-2H3,(H,22,25)(H,23,26)/b11-10+. The topological polar surface area (TPSA) is 101 Å². The van der Waals surface area contributed by atoms with Crippen molar-refractivity contribution in [3.8, 4) is 0 Å². The minimum atomic E-state index is -0.482. The van der Waals surface area contributed by atoms with Gasteiger partial charge in [-0.05, 0) is 35.8 Å². The van der Waals surface area contributed by atoms with E-state index in [1.165, 1.54) is 24.3 Å². The van der Waals surface area contributed by atoms with Gasteiger partial charge in [-0.25, -0.2) is 0 Å². The lowest BCUT2D eigenvalue weighted by Gasteiger charge is -2.11. The van der Waals surface area contributed by atoms with Crippen LogP contribution in [0.25, 0.3) is 6.08 Å². The van der Waals surface area contributed by atoms with Crippen LogP contribution in [0.1, 0.15) is 31.4 Å². The first kappa shape index (κ1) is 20.8. The minimum Gasteiger partial charge on any atom is -0.348 e. The summed E-state index contributed by atoms with van der Waals surface area (Å²) in [6, 6.07) is 13.3. The molecule has 146 valence electrons. The third-order valence-corrected chi connectivity index (χ3v) is 4.23. The van der Waals surface area contributed by atoms with Crippen molar-refractivity contribution < 1.29 is 14.5 Å². The van der Waals surface area contributed by atoms with Gasteiger partial charge in [0.05, 0.1) is 4.92 Å². The summed E-state index contributed by atoms with van der Waals surface area (Å²) >= 11 is 0. The summed E-state index contributed by atoms with van der Waals surface area (Å²) < 4.78 is 0. The number of carbonyl (C=O) groups is 2. The molecule has 0 fully saturated rings. The van der Waals surface area contributed by atoms with Crippen LogP contribution in [0.2, 0.25) is 0 Å². The van der Waals surface area contributed by atoms with Crippen LogP contribution in [0.15, 0.2) is 54.6 Å². The van der Waals surface area contributed by atoms with Crippen LogP contribution >= 0.6 is 0 Å². The molecule has 0 saturated heterocycles. The van der Waals surface area contributed by atoms with Crippen molar-refractivity contribution in [3.63, 3.8) is 0 Å². The lowest BCUT2D eigenvalue weighted by molar-refractivity contribution is -0.384. The Hall–Kier alpha value is -3.48. The number of nitrogens with one attached hydrogen (secondary N) is 2. The van der Waals surface area contributed by atoms with Gasteiger partial charge in [0.25, 0.3) is 5.69 Å². The molecule has 0 aromatic heterocycles. The summed E-state index contributed by atoms with van der Waals surface area (Å²) in [6.45, 7) is 4.12. The van der Waals surface area contributed by atoms with Crippen LogP contribution in [0, 0.1) is 16.0 Å². The van der Waals surface area contributed by atoms with Crippen molar-refractivity contribution in [3.05, 3.63) is 75.8 Å². The van der Waals surface area contributed by atoms with Crippen molar-refractivity contribution in [2.75, 3.05) is 5.32 Å². The number of benzene rings is 2. The molecule has 2 amide bonds.